The zero-order chi connectivity index (χ0) is 14.5. The molecule has 0 saturated carbocycles. The van der Waals surface area contributed by atoms with Crippen LogP contribution in [0.3, 0.4) is 0 Å². The molecule has 1 heterocycles. The van der Waals surface area contributed by atoms with Crippen molar-refractivity contribution in [2.24, 2.45) is 0 Å². The average molecular weight is 281 g/mol. The topological polar surface area (TPSA) is 111 Å². The second kappa shape index (κ2) is 6.02. The Labute approximate surface area is 104 Å². The van der Waals surface area contributed by atoms with Gasteiger partial charge < -0.3 is 15.3 Å². The molecule has 2 amide bonds. The molecule has 0 bridgehead atoms. The van der Waals surface area contributed by atoms with Crippen LogP contribution in [0.25, 0.3) is 0 Å². The number of hydrogen-bond donors (Lipinski definition) is 3. The molecule has 0 radical (unpaired) electrons. The van der Waals surface area contributed by atoms with Crippen LogP contribution in [-0.2, 0) is 11.3 Å². The number of aromatic amines is 1. The molecule has 11 heteroatoms. The Bertz CT molecular complexity index is 433. The van der Waals surface area contributed by atoms with E-state index >= 15 is 0 Å². The van der Waals surface area contributed by atoms with Crippen LogP contribution in [0.4, 0.5) is 18.0 Å². The molecule has 1 aromatic heterocycles. The number of amides is 2. The van der Waals surface area contributed by atoms with E-state index in [4.69, 9.17) is 5.11 Å². The van der Waals surface area contributed by atoms with Crippen LogP contribution in [0.15, 0.2) is 6.33 Å². The number of H-pyrrole nitrogens is 1. The molecule has 106 valence electrons. The lowest BCUT2D eigenvalue weighted by atomic mass is 10.4. The van der Waals surface area contributed by atoms with Gasteiger partial charge >= 0.3 is 18.2 Å². The van der Waals surface area contributed by atoms with Gasteiger partial charge in [-0.3, -0.25) is 9.89 Å². The fraction of sp³-hybridized carbons (Fsp3) is 0.500. The van der Waals surface area contributed by atoms with Gasteiger partial charge in [-0.1, -0.05) is 0 Å². The number of urea groups is 1. The van der Waals surface area contributed by atoms with E-state index < -0.39 is 31.3 Å². The number of alkyl halides is 3. The van der Waals surface area contributed by atoms with Crippen LogP contribution in [0.1, 0.15) is 5.82 Å². The number of nitrogens with one attached hydrogen (secondary N) is 2. The van der Waals surface area contributed by atoms with Crippen LogP contribution in [0.5, 0.6) is 0 Å². The largest absolute Gasteiger partial charge is 0.480 e. The maximum Gasteiger partial charge on any atom is 0.406 e. The number of hydrogen-bond acceptors (Lipinski definition) is 4. The molecule has 19 heavy (non-hydrogen) atoms. The van der Waals surface area contributed by atoms with E-state index in [2.05, 4.69) is 20.5 Å². The molecule has 1 aromatic rings. The number of carboxylic acid groups (broad SMARTS) is 1. The highest BCUT2D eigenvalue weighted by Crippen LogP contribution is 2.16. The fourth-order valence-corrected chi connectivity index (χ4v) is 1.17. The van der Waals surface area contributed by atoms with Crippen molar-refractivity contribution in [1.82, 2.24) is 25.4 Å². The summed E-state index contributed by atoms with van der Waals surface area (Å²) in [5.41, 5.74) is 0. The minimum absolute atomic E-state index is 0.138. The zero-order valence-electron chi connectivity index (χ0n) is 9.44. The fourth-order valence-electron chi connectivity index (χ4n) is 1.17. The Morgan fingerprint density at radius 1 is 1.47 bits per heavy atom. The van der Waals surface area contributed by atoms with Crippen molar-refractivity contribution in [3.63, 3.8) is 0 Å². The van der Waals surface area contributed by atoms with Gasteiger partial charge in [0.05, 0.1) is 6.54 Å². The number of aliphatic carboxylic acids is 1. The van der Waals surface area contributed by atoms with Crippen molar-refractivity contribution in [2.75, 3.05) is 13.1 Å². The Morgan fingerprint density at radius 3 is 2.63 bits per heavy atom. The molecule has 0 aliphatic heterocycles. The number of carbonyl (C=O) groups excluding carboxylic acids is 1. The first-order valence-corrected chi connectivity index (χ1v) is 4.93. The normalized spacial score (nSPS) is 11.1. The van der Waals surface area contributed by atoms with Gasteiger partial charge in [0.1, 0.15) is 25.2 Å². The summed E-state index contributed by atoms with van der Waals surface area (Å²) >= 11 is 0. The van der Waals surface area contributed by atoms with Crippen molar-refractivity contribution >= 4 is 12.0 Å². The Balaban J connectivity index is 2.57. The molecule has 1 rings (SSSR count). The third kappa shape index (κ3) is 5.70. The van der Waals surface area contributed by atoms with E-state index in [1.54, 1.807) is 0 Å². The Kier molecular flexibility index (Phi) is 4.67. The predicted octanol–water partition coefficient (Wildman–Crippen LogP) is -0.0368. The average Bonchev–Trinajstić information content (AvgIpc) is 2.75. The van der Waals surface area contributed by atoms with Crippen molar-refractivity contribution in [3.05, 3.63) is 12.2 Å². The summed E-state index contributed by atoms with van der Waals surface area (Å²) in [6.45, 7) is -2.89. The molecule has 0 atom stereocenters. The highest BCUT2D eigenvalue weighted by Gasteiger charge is 2.33. The maximum absolute atomic E-state index is 12.2. The first-order chi connectivity index (χ1) is 8.78. The number of halogens is 3. The van der Waals surface area contributed by atoms with Crippen molar-refractivity contribution < 1.29 is 27.9 Å². The standard InChI is InChI=1S/C8H10F3N5O3/c9-8(10,11)3-16(2-6(17)18)7(19)12-1-5-13-4-14-15-5/h4H,1-3H2,(H,12,19)(H,17,18)(H,13,14,15). The lowest BCUT2D eigenvalue weighted by Crippen LogP contribution is -2.46. The minimum Gasteiger partial charge on any atom is -0.480 e. The van der Waals surface area contributed by atoms with Crippen molar-refractivity contribution in [2.45, 2.75) is 12.7 Å². The van der Waals surface area contributed by atoms with Crippen LogP contribution >= 0.6 is 0 Å². The van der Waals surface area contributed by atoms with Crippen LogP contribution in [0.2, 0.25) is 0 Å². The number of carboxylic acids is 1. The highest BCUT2D eigenvalue weighted by atomic mass is 19.4. The number of aromatic nitrogens is 3. The lowest BCUT2D eigenvalue weighted by molar-refractivity contribution is -0.148. The molecular weight excluding hydrogens is 271 g/mol. The van der Waals surface area contributed by atoms with E-state index in [-0.39, 0.29) is 17.3 Å². The van der Waals surface area contributed by atoms with E-state index in [1.165, 1.54) is 0 Å². The number of rotatable bonds is 5. The Morgan fingerprint density at radius 2 is 2.16 bits per heavy atom. The molecule has 0 aliphatic carbocycles. The van der Waals surface area contributed by atoms with Crippen molar-refractivity contribution in [3.8, 4) is 0 Å². The second-order valence-corrected chi connectivity index (χ2v) is 3.46. The van der Waals surface area contributed by atoms with Crippen LogP contribution in [0, 0.1) is 0 Å². The molecule has 0 unspecified atom stereocenters. The summed E-state index contributed by atoms with van der Waals surface area (Å²) in [6, 6.07) is -1.16. The number of carbonyl (C=O) groups is 2. The maximum atomic E-state index is 12.2. The quantitative estimate of drug-likeness (QED) is 0.701. The molecule has 0 spiro atoms. The lowest BCUT2D eigenvalue weighted by Gasteiger charge is -2.22. The second-order valence-electron chi connectivity index (χ2n) is 3.46. The molecule has 8 nitrogen and oxygen atoms in total. The first kappa shape index (κ1) is 14.7. The third-order valence-electron chi connectivity index (χ3n) is 1.86. The summed E-state index contributed by atoms with van der Waals surface area (Å²) in [6.07, 6.45) is -3.52. The zero-order valence-corrected chi connectivity index (χ0v) is 9.44. The third-order valence-corrected chi connectivity index (χ3v) is 1.86. The van der Waals surface area contributed by atoms with Gasteiger partial charge in [0.2, 0.25) is 0 Å². The Hall–Kier alpha value is -2.33. The van der Waals surface area contributed by atoms with E-state index in [0.717, 1.165) is 6.33 Å². The summed E-state index contributed by atoms with van der Waals surface area (Å²) in [7, 11) is 0. The monoisotopic (exact) mass is 281 g/mol. The summed E-state index contributed by atoms with van der Waals surface area (Å²) in [5, 5.41) is 16.4. The predicted molar refractivity (Wildman–Crippen MR) is 53.9 cm³/mol. The van der Waals surface area contributed by atoms with E-state index in [0.29, 0.717) is 0 Å². The van der Waals surface area contributed by atoms with Gasteiger partial charge in [0, 0.05) is 0 Å². The number of nitrogens with zero attached hydrogens (tertiary/aromatic N) is 3. The van der Waals surface area contributed by atoms with Gasteiger partial charge in [-0.2, -0.15) is 18.3 Å². The van der Waals surface area contributed by atoms with Crippen LogP contribution < -0.4 is 5.32 Å². The molecule has 0 aliphatic rings. The highest BCUT2D eigenvalue weighted by molar-refractivity contribution is 5.80. The van der Waals surface area contributed by atoms with Crippen LogP contribution in [-0.4, -0.2) is 56.5 Å². The van der Waals surface area contributed by atoms with Gasteiger partial charge in [-0.25, -0.2) is 9.78 Å². The van der Waals surface area contributed by atoms with Gasteiger partial charge in [-0.05, 0) is 0 Å². The minimum atomic E-state index is -4.68. The molecule has 0 aromatic carbocycles. The van der Waals surface area contributed by atoms with E-state index in [9.17, 15) is 22.8 Å². The SMILES string of the molecule is O=C(O)CN(CC(F)(F)F)C(=O)NCc1ncn[nH]1. The van der Waals surface area contributed by atoms with Crippen molar-refractivity contribution in [1.29, 1.82) is 0 Å². The molecular formula is C8H10F3N5O3. The first-order valence-electron chi connectivity index (χ1n) is 4.93. The molecule has 0 fully saturated rings. The summed E-state index contributed by atoms with van der Waals surface area (Å²) in [5.74, 6) is -1.31. The molecule has 0 saturated heterocycles. The summed E-state index contributed by atoms with van der Waals surface area (Å²) in [4.78, 5) is 25.6. The smallest absolute Gasteiger partial charge is 0.406 e. The van der Waals surface area contributed by atoms with E-state index in [1.807, 2.05) is 0 Å². The van der Waals surface area contributed by atoms with Gasteiger partial charge in [0.25, 0.3) is 0 Å². The van der Waals surface area contributed by atoms with Gasteiger partial charge in [0.15, 0.2) is 0 Å². The van der Waals surface area contributed by atoms with Gasteiger partial charge in [-0.15, -0.1) is 0 Å². The molecule has 3 N–H and O–H groups in total. The summed E-state index contributed by atoms with van der Waals surface area (Å²) < 4.78 is 36.6.